The standard InChI is InChI=1S/C16H23NO3/c1-19-15-8-11-17(12-9-15)10-7-13-3-5-14(6-4-13)16(18)20-2/h3-6,15H,7-12H2,1-2H3. The largest absolute Gasteiger partial charge is 0.465 e. The fraction of sp³-hybridized carbons (Fsp3) is 0.562. The Morgan fingerprint density at radius 2 is 1.85 bits per heavy atom. The average Bonchev–Trinajstić information content (AvgIpc) is 2.53. The molecule has 0 bridgehead atoms. The Morgan fingerprint density at radius 1 is 1.20 bits per heavy atom. The van der Waals surface area contributed by atoms with Gasteiger partial charge in [0.1, 0.15) is 0 Å². The predicted octanol–water partition coefficient (Wildman–Crippen LogP) is 2.13. The Kier molecular flexibility index (Phi) is 5.56. The first-order valence-electron chi connectivity index (χ1n) is 7.15. The quantitative estimate of drug-likeness (QED) is 0.773. The summed E-state index contributed by atoms with van der Waals surface area (Å²) in [5, 5.41) is 0. The zero-order valence-corrected chi connectivity index (χ0v) is 12.3. The SMILES string of the molecule is COC(=O)c1ccc(CCN2CCC(OC)CC2)cc1. The van der Waals surface area contributed by atoms with Gasteiger partial charge in [0.25, 0.3) is 0 Å². The number of esters is 1. The van der Waals surface area contributed by atoms with Gasteiger partial charge in [-0.05, 0) is 37.0 Å². The summed E-state index contributed by atoms with van der Waals surface area (Å²) in [6.07, 6.45) is 3.69. The van der Waals surface area contributed by atoms with Crippen molar-refractivity contribution in [3.8, 4) is 0 Å². The van der Waals surface area contributed by atoms with Gasteiger partial charge in [-0.25, -0.2) is 4.79 Å². The van der Waals surface area contributed by atoms with E-state index in [4.69, 9.17) is 9.47 Å². The molecule has 0 aromatic heterocycles. The van der Waals surface area contributed by atoms with Gasteiger partial charge in [-0.2, -0.15) is 0 Å². The van der Waals surface area contributed by atoms with Crippen LogP contribution in [0.15, 0.2) is 24.3 Å². The highest BCUT2D eigenvalue weighted by Crippen LogP contribution is 2.14. The van der Waals surface area contributed by atoms with Crippen molar-refractivity contribution in [2.45, 2.75) is 25.4 Å². The van der Waals surface area contributed by atoms with Crippen LogP contribution in [0.2, 0.25) is 0 Å². The molecule has 2 rings (SSSR count). The minimum atomic E-state index is -0.279. The minimum absolute atomic E-state index is 0.279. The van der Waals surface area contributed by atoms with Crippen LogP contribution in [0, 0.1) is 0 Å². The van der Waals surface area contributed by atoms with Gasteiger partial charge in [0, 0.05) is 26.7 Å². The Labute approximate surface area is 120 Å². The van der Waals surface area contributed by atoms with Gasteiger partial charge in [-0.15, -0.1) is 0 Å². The molecule has 0 amide bonds. The minimum Gasteiger partial charge on any atom is -0.465 e. The molecule has 1 aromatic carbocycles. The number of piperidine rings is 1. The van der Waals surface area contributed by atoms with E-state index >= 15 is 0 Å². The summed E-state index contributed by atoms with van der Waals surface area (Å²) in [5.41, 5.74) is 1.86. The summed E-state index contributed by atoms with van der Waals surface area (Å²) in [6, 6.07) is 7.68. The first kappa shape index (κ1) is 15.0. The van der Waals surface area contributed by atoms with Gasteiger partial charge in [0.05, 0.1) is 18.8 Å². The van der Waals surface area contributed by atoms with E-state index in [0.717, 1.165) is 38.9 Å². The van der Waals surface area contributed by atoms with Gasteiger partial charge >= 0.3 is 5.97 Å². The lowest BCUT2D eigenvalue weighted by Gasteiger charge is -2.31. The zero-order valence-electron chi connectivity index (χ0n) is 12.3. The number of ether oxygens (including phenoxy) is 2. The summed E-state index contributed by atoms with van der Waals surface area (Å²) in [7, 11) is 3.20. The number of hydrogen-bond donors (Lipinski definition) is 0. The van der Waals surface area contributed by atoms with E-state index < -0.39 is 0 Å². The molecule has 1 heterocycles. The van der Waals surface area contributed by atoms with Crippen LogP contribution < -0.4 is 0 Å². The van der Waals surface area contributed by atoms with Crippen LogP contribution in [0.4, 0.5) is 0 Å². The Bertz CT molecular complexity index is 422. The molecule has 1 aromatic rings. The number of carbonyl (C=O) groups excluding carboxylic acids is 1. The summed E-state index contributed by atoms with van der Waals surface area (Å²) in [6.45, 7) is 3.28. The highest BCUT2D eigenvalue weighted by Gasteiger charge is 2.18. The van der Waals surface area contributed by atoms with Crippen LogP contribution in [-0.4, -0.2) is 50.8 Å². The lowest BCUT2D eigenvalue weighted by Crippen LogP contribution is -2.37. The number of rotatable bonds is 5. The van der Waals surface area contributed by atoms with Crippen molar-refractivity contribution in [3.63, 3.8) is 0 Å². The summed E-state index contributed by atoms with van der Waals surface area (Å²) in [5.74, 6) is -0.279. The third kappa shape index (κ3) is 4.05. The van der Waals surface area contributed by atoms with Crippen LogP contribution >= 0.6 is 0 Å². The van der Waals surface area contributed by atoms with Crippen LogP contribution in [0.3, 0.4) is 0 Å². The van der Waals surface area contributed by atoms with Crippen molar-refractivity contribution >= 4 is 5.97 Å². The van der Waals surface area contributed by atoms with Crippen molar-refractivity contribution < 1.29 is 14.3 Å². The molecule has 0 spiro atoms. The van der Waals surface area contributed by atoms with E-state index in [-0.39, 0.29) is 5.97 Å². The van der Waals surface area contributed by atoms with E-state index in [2.05, 4.69) is 4.90 Å². The molecule has 4 heteroatoms. The van der Waals surface area contributed by atoms with Crippen LogP contribution in [0.25, 0.3) is 0 Å². The highest BCUT2D eigenvalue weighted by atomic mass is 16.5. The van der Waals surface area contributed by atoms with Crippen molar-refractivity contribution in [1.82, 2.24) is 4.90 Å². The second-order valence-electron chi connectivity index (χ2n) is 5.22. The maximum Gasteiger partial charge on any atom is 0.337 e. The summed E-state index contributed by atoms with van der Waals surface area (Å²) in [4.78, 5) is 13.8. The van der Waals surface area contributed by atoms with E-state index in [0.29, 0.717) is 11.7 Å². The molecule has 0 N–H and O–H groups in total. The number of methoxy groups -OCH3 is 2. The van der Waals surface area contributed by atoms with Crippen LogP contribution in [0.5, 0.6) is 0 Å². The number of hydrogen-bond acceptors (Lipinski definition) is 4. The fourth-order valence-corrected chi connectivity index (χ4v) is 2.58. The van der Waals surface area contributed by atoms with E-state index in [1.165, 1.54) is 12.7 Å². The summed E-state index contributed by atoms with van der Waals surface area (Å²) < 4.78 is 10.1. The van der Waals surface area contributed by atoms with Crippen molar-refractivity contribution in [2.75, 3.05) is 33.9 Å². The second kappa shape index (κ2) is 7.41. The molecule has 110 valence electrons. The topological polar surface area (TPSA) is 38.8 Å². The van der Waals surface area contributed by atoms with E-state index in [1.54, 1.807) is 7.11 Å². The van der Waals surface area contributed by atoms with Gasteiger partial charge in [0.15, 0.2) is 0 Å². The number of carbonyl (C=O) groups is 1. The lowest BCUT2D eigenvalue weighted by molar-refractivity contribution is 0.0415. The molecule has 0 unspecified atom stereocenters. The predicted molar refractivity (Wildman–Crippen MR) is 78.0 cm³/mol. The molecule has 0 radical (unpaired) electrons. The molecule has 1 aliphatic heterocycles. The molecule has 0 aliphatic carbocycles. The maximum absolute atomic E-state index is 11.3. The molecule has 4 nitrogen and oxygen atoms in total. The smallest absolute Gasteiger partial charge is 0.337 e. The third-order valence-corrected chi connectivity index (χ3v) is 3.96. The van der Waals surface area contributed by atoms with Gasteiger partial charge < -0.3 is 14.4 Å². The fourth-order valence-electron chi connectivity index (χ4n) is 2.58. The molecule has 1 aliphatic rings. The Hall–Kier alpha value is -1.39. The van der Waals surface area contributed by atoms with Crippen LogP contribution in [-0.2, 0) is 15.9 Å². The molecule has 1 saturated heterocycles. The summed E-state index contributed by atoms with van der Waals surface area (Å²) >= 11 is 0. The van der Waals surface area contributed by atoms with Gasteiger partial charge in [0.2, 0.25) is 0 Å². The third-order valence-electron chi connectivity index (χ3n) is 3.96. The Morgan fingerprint density at radius 3 is 2.40 bits per heavy atom. The molecule has 0 saturated carbocycles. The lowest BCUT2D eigenvalue weighted by atomic mass is 10.1. The molecule has 1 fully saturated rings. The second-order valence-corrected chi connectivity index (χ2v) is 5.22. The molecule has 0 atom stereocenters. The maximum atomic E-state index is 11.3. The van der Waals surface area contributed by atoms with Crippen molar-refractivity contribution in [2.24, 2.45) is 0 Å². The van der Waals surface area contributed by atoms with E-state index in [9.17, 15) is 4.79 Å². The normalized spacial score (nSPS) is 17.1. The molecular weight excluding hydrogens is 254 g/mol. The number of benzene rings is 1. The van der Waals surface area contributed by atoms with Gasteiger partial charge in [-0.1, -0.05) is 12.1 Å². The van der Waals surface area contributed by atoms with E-state index in [1.807, 2.05) is 24.3 Å². The number of nitrogens with zero attached hydrogens (tertiary/aromatic N) is 1. The Balaban J connectivity index is 1.78. The van der Waals surface area contributed by atoms with Crippen LogP contribution in [0.1, 0.15) is 28.8 Å². The highest BCUT2D eigenvalue weighted by molar-refractivity contribution is 5.89. The monoisotopic (exact) mass is 277 g/mol. The first-order chi connectivity index (χ1) is 9.72. The van der Waals surface area contributed by atoms with Gasteiger partial charge in [-0.3, -0.25) is 0 Å². The molecular formula is C16H23NO3. The average molecular weight is 277 g/mol. The zero-order chi connectivity index (χ0) is 14.4. The first-order valence-corrected chi connectivity index (χ1v) is 7.15. The number of likely N-dealkylation sites (tertiary alicyclic amines) is 1. The van der Waals surface area contributed by atoms with Crippen molar-refractivity contribution in [1.29, 1.82) is 0 Å². The molecule has 20 heavy (non-hydrogen) atoms. The van der Waals surface area contributed by atoms with Crippen molar-refractivity contribution in [3.05, 3.63) is 35.4 Å².